The fourth-order valence-corrected chi connectivity index (χ4v) is 1.95. The van der Waals surface area contributed by atoms with Crippen LogP contribution in [0.15, 0.2) is 24.3 Å². The molecule has 0 bridgehead atoms. The summed E-state index contributed by atoms with van der Waals surface area (Å²) >= 11 is 0. The van der Waals surface area contributed by atoms with E-state index in [2.05, 4.69) is 46.4 Å². The lowest BCUT2D eigenvalue weighted by Crippen LogP contribution is -2.27. The van der Waals surface area contributed by atoms with Crippen molar-refractivity contribution in [2.24, 2.45) is 0 Å². The van der Waals surface area contributed by atoms with Crippen molar-refractivity contribution < 1.29 is 4.79 Å². The maximum absolute atomic E-state index is 12.2. The Kier molecular flexibility index (Phi) is 4.50. The average molecular weight is 272 g/mol. The maximum Gasteiger partial charge on any atom is 0.293 e. The number of aromatic amines is 1. The fourth-order valence-electron chi connectivity index (χ4n) is 1.95. The summed E-state index contributed by atoms with van der Waals surface area (Å²) in [6.45, 7) is 4.64. The Morgan fingerprint density at radius 2 is 1.80 bits per heavy atom. The van der Waals surface area contributed by atoms with Gasteiger partial charge in [0.1, 0.15) is 5.82 Å². The second-order valence-corrected chi connectivity index (χ2v) is 4.79. The topological polar surface area (TPSA) is 61.9 Å². The van der Waals surface area contributed by atoms with Crippen LogP contribution in [0, 0.1) is 0 Å². The van der Waals surface area contributed by atoms with E-state index in [4.69, 9.17) is 0 Å². The first kappa shape index (κ1) is 14.2. The van der Waals surface area contributed by atoms with Gasteiger partial charge in [-0.05, 0) is 17.5 Å². The van der Waals surface area contributed by atoms with Crippen LogP contribution in [0.3, 0.4) is 0 Å². The van der Waals surface area contributed by atoms with E-state index in [-0.39, 0.29) is 11.7 Å². The lowest BCUT2D eigenvalue weighted by molar-refractivity contribution is 0.0773. The Morgan fingerprint density at radius 3 is 2.35 bits per heavy atom. The molecule has 0 saturated carbocycles. The number of nitrogens with zero attached hydrogens (tertiary/aromatic N) is 3. The predicted molar refractivity (Wildman–Crippen MR) is 77.4 cm³/mol. The zero-order valence-corrected chi connectivity index (χ0v) is 12.2. The Bertz CT molecular complexity index is 574. The molecular formula is C15H20N4O. The summed E-state index contributed by atoms with van der Waals surface area (Å²) in [5.74, 6) is 0.795. The highest BCUT2D eigenvalue weighted by Gasteiger charge is 2.16. The molecule has 0 fully saturated rings. The van der Waals surface area contributed by atoms with Crippen LogP contribution in [0.2, 0.25) is 0 Å². The second-order valence-electron chi connectivity index (χ2n) is 4.79. The number of H-pyrrole nitrogens is 1. The minimum atomic E-state index is -0.166. The van der Waals surface area contributed by atoms with Gasteiger partial charge in [0.25, 0.3) is 5.91 Å². The van der Waals surface area contributed by atoms with Crippen LogP contribution >= 0.6 is 0 Å². The normalized spacial score (nSPS) is 10.6. The molecule has 20 heavy (non-hydrogen) atoms. The maximum atomic E-state index is 12.2. The van der Waals surface area contributed by atoms with E-state index in [0.717, 1.165) is 24.2 Å². The van der Waals surface area contributed by atoms with Gasteiger partial charge in [0.15, 0.2) is 0 Å². The summed E-state index contributed by atoms with van der Waals surface area (Å²) in [6, 6.07) is 8.29. The largest absolute Gasteiger partial charge is 0.335 e. The Balaban J connectivity index is 2.02. The smallest absolute Gasteiger partial charge is 0.293 e. The summed E-state index contributed by atoms with van der Waals surface area (Å²) in [6.07, 6.45) is 1.76. The SMILES string of the molecule is CCc1ccc(CN(C)C(=O)c2n[nH]c(CC)n2)cc1. The third-order valence-corrected chi connectivity index (χ3v) is 3.26. The molecule has 0 unspecified atom stereocenters. The van der Waals surface area contributed by atoms with Crippen LogP contribution in [0.5, 0.6) is 0 Å². The minimum Gasteiger partial charge on any atom is -0.335 e. The molecule has 0 aliphatic carbocycles. The number of rotatable bonds is 5. The van der Waals surface area contributed by atoms with Crippen LogP contribution in [-0.2, 0) is 19.4 Å². The zero-order chi connectivity index (χ0) is 14.5. The number of aryl methyl sites for hydroxylation is 2. The first-order valence-electron chi connectivity index (χ1n) is 6.88. The van der Waals surface area contributed by atoms with Crippen molar-refractivity contribution in [1.29, 1.82) is 0 Å². The molecular weight excluding hydrogens is 252 g/mol. The van der Waals surface area contributed by atoms with Crippen molar-refractivity contribution in [2.75, 3.05) is 7.05 Å². The highest BCUT2D eigenvalue weighted by atomic mass is 16.2. The summed E-state index contributed by atoms with van der Waals surface area (Å²) in [7, 11) is 1.76. The molecule has 0 saturated heterocycles. The molecule has 1 N–H and O–H groups in total. The van der Waals surface area contributed by atoms with Gasteiger partial charge in [0, 0.05) is 20.0 Å². The number of carbonyl (C=O) groups excluding carboxylic acids is 1. The third kappa shape index (κ3) is 3.23. The number of hydrogen-bond acceptors (Lipinski definition) is 3. The van der Waals surface area contributed by atoms with E-state index in [1.54, 1.807) is 11.9 Å². The molecule has 1 aromatic carbocycles. The molecule has 0 aliphatic heterocycles. The van der Waals surface area contributed by atoms with Crippen molar-refractivity contribution in [3.8, 4) is 0 Å². The quantitative estimate of drug-likeness (QED) is 0.907. The van der Waals surface area contributed by atoms with Gasteiger partial charge in [0.2, 0.25) is 5.82 Å². The monoisotopic (exact) mass is 272 g/mol. The summed E-state index contributed by atoms with van der Waals surface area (Å²) in [4.78, 5) is 18.0. The standard InChI is InChI=1S/C15H20N4O/c1-4-11-6-8-12(9-7-11)10-19(3)15(20)14-16-13(5-2)17-18-14/h6-9H,4-5,10H2,1-3H3,(H,16,17,18). The second kappa shape index (κ2) is 6.32. The van der Waals surface area contributed by atoms with Crippen molar-refractivity contribution in [2.45, 2.75) is 33.2 Å². The molecule has 2 rings (SSSR count). The van der Waals surface area contributed by atoms with Gasteiger partial charge in [-0.3, -0.25) is 9.89 Å². The number of carbonyl (C=O) groups is 1. The number of hydrogen-bond donors (Lipinski definition) is 1. The van der Waals surface area contributed by atoms with Crippen LogP contribution in [0.25, 0.3) is 0 Å². The molecule has 106 valence electrons. The lowest BCUT2D eigenvalue weighted by Gasteiger charge is -2.15. The van der Waals surface area contributed by atoms with E-state index in [1.807, 2.05) is 6.92 Å². The fraction of sp³-hybridized carbons (Fsp3) is 0.400. The van der Waals surface area contributed by atoms with E-state index < -0.39 is 0 Å². The van der Waals surface area contributed by atoms with E-state index >= 15 is 0 Å². The zero-order valence-electron chi connectivity index (χ0n) is 12.2. The van der Waals surface area contributed by atoms with Gasteiger partial charge < -0.3 is 4.90 Å². The minimum absolute atomic E-state index is 0.166. The molecule has 5 nitrogen and oxygen atoms in total. The van der Waals surface area contributed by atoms with Gasteiger partial charge in [-0.2, -0.15) is 0 Å². The number of aromatic nitrogens is 3. The molecule has 0 aliphatic rings. The van der Waals surface area contributed by atoms with Crippen LogP contribution in [0.1, 0.15) is 41.4 Å². The van der Waals surface area contributed by atoms with E-state index in [9.17, 15) is 4.79 Å². The van der Waals surface area contributed by atoms with Crippen LogP contribution < -0.4 is 0 Å². The van der Waals surface area contributed by atoms with Crippen molar-refractivity contribution in [1.82, 2.24) is 20.1 Å². The van der Waals surface area contributed by atoms with Crippen molar-refractivity contribution >= 4 is 5.91 Å². The average Bonchev–Trinajstić information content (AvgIpc) is 2.96. The number of amides is 1. The highest BCUT2D eigenvalue weighted by molar-refractivity contribution is 5.90. The molecule has 0 spiro atoms. The van der Waals surface area contributed by atoms with Gasteiger partial charge in [0.05, 0.1) is 0 Å². The Labute approximate surface area is 119 Å². The molecule has 0 atom stereocenters. The first-order valence-corrected chi connectivity index (χ1v) is 6.88. The molecule has 1 aromatic heterocycles. The number of benzene rings is 1. The van der Waals surface area contributed by atoms with Crippen LogP contribution in [0.4, 0.5) is 0 Å². The van der Waals surface area contributed by atoms with Crippen molar-refractivity contribution in [3.05, 3.63) is 47.0 Å². The summed E-state index contributed by atoms with van der Waals surface area (Å²) in [5.41, 5.74) is 2.40. The molecule has 5 heteroatoms. The first-order chi connectivity index (χ1) is 9.63. The van der Waals surface area contributed by atoms with Crippen LogP contribution in [-0.4, -0.2) is 33.0 Å². The van der Waals surface area contributed by atoms with Gasteiger partial charge in [-0.15, -0.1) is 5.10 Å². The van der Waals surface area contributed by atoms with E-state index in [1.165, 1.54) is 5.56 Å². The van der Waals surface area contributed by atoms with Crippen molar-refractivity contribution in [3.63, 3.8) is 0 Å². The molecule has 1 heterocycles. The third-order valence-electron chi connectivity index (χ3n) is 3.26. The Hall–Kier alpha value is -2.17. The predicted octanol–water partition coefficient (Wildman–Crippen LogP) is 2.20. The summed E-state index contributed by atoms with van der Waals surface area (Å²) in [5, 5.41) is 6.71. The highest BCUT2D eigenvalue weighted by Crippen LogP contribution is 2.09. The Morgan fingerprint density at radius 1 is 1.15 bits per heavy atom. The van der Waals surface area contributed by atoms with Gasteiger partial charge >= 0.3 is 0 Å². The van der Waals surface area contributed by atoms with Gasteiger partial charge in [-0.1, -0.05) is 38.1 Å². The molecule has 1 amide bonds. The molecule has 2 aromatic rings. The van der Waals surface area contributed by atoms with Gasteiger partial charge in [-0.25, -0.2) is 4.98 Å². The summed E-state index contributed by atoms with van der Waals surface area (Å²) < 4.78 is 0. The molecule has 0 radical (unpaired) electrons. The van der Waals surface area contributed by atoms with E-state index in [0.29, 0.717) is 6.54 Å². The lowest BCUT2D eigenvalue weighted by atomic mass is 10.1. The number of nitrogens with one attached hydrogen (secondary N) is 1.